The summed E-state index contributed by atoms with van der Waals surface area (Å²) in [5, 5.41) is 8.49. The summed E-state index contributed by atoms with van der Waals surface area (Å²) in [7, 11) is 5.63. The molecule has 114 valence electrons. The van der Waals surface area contributed by atoms with Gasteiger partial charge in [0, 0.05) is 26.0 Å². The molecule has 7 heteroatoms. The number of aromatic nitrogens is 3. The van der Waals surface area contributed by atoms with E-state index in [4.69, 9.17) is 0 Å². The van der Waals surface area contributed by atoms with Crippen LogP contribution in [0.5, 0.6) is 0 Å². The Morgan fingerprint density at radius 1 is 1.14 bits per heavy atom. The molecule has 6 nitrogen and oxygen atoms in total. The Morgan fingerprint density at radius 2 is 1.86 bits per heavy atom. The van der Waals surface area contributed by atoms with Gasteiger partial charge in [0.1, 0.15) is 0 Å². The quantitative estimate of drug-likeness (QED) is 0.855. The van der Waals surface area contributed by atoms with Crippen molar-refractivity contribution in [2.75, 3.05) is 36.7 Å². The van der Waals surface area contributed by atoms with Crippen molar-refractivity contribution in [1.82, 2.24) is 15.0 Å². The van der Waals surface area contributed by atoms with Crippen LogP contribution in [-0.4, -0.2) is 36.1 Å². The molecule has 0 aromatic carbocycles. The van der Waals surface area contributed by atoms with Crippen LogP contribution in [0.2, 0.25) is 0 Å². The first-order valence-corrected chi connectivity index (χ1v) is 7.80. The summed E-state index contributed by atoms with van der Waals surface area (Å²) in [6.07, 6.45) is 0. The summed E-state index contributed by atoms with van der Waals surface area (Å²) in [6.45, 7) is 4.37. The van der Waals surface area contributed by atoms with Gasteiger partial charge in [-0.3, -0.25) is 0 Å². The van der Waals surface area contributed by atoms with Gasteiger partial charge in [-0.25, -0.2) is 0 Å². The Bertz CT molecular complexity index is 567. The Labute approximate surface area is 129 Å². The van der Waals surface area contributed by atoms with Gasteiger partial charge in [0.15, 0.2) is 0 Å². The Morgan fingerprint density at radius 3 is 2.38 bits per heavy atom. The summed E-state index contributed by atoms with van der Waals surface area (Å²) in [4.78, 5) is 16.3. The maximum absolute atomic E-state index is 4.47. The fourth-order valence-electron chi connectivity index (χ4n) is 1.91. The molecule has 2 heterocycles. The second-order valence-corrected chi connectivity index (χ2v) is 6.29. The van der Waals surface area contributed by atoms with Gasteiger partial charge in [-0.05, 0) is 17.4 Å². The molecule has 2 aromatic heterocycles. The van der Waals surface area contributed by atoms with Crippen molar-refractivity contribution in [3.63, 3.8) is 0 Å². The molecule has 21 heavy (non-hydrogen) atoms. The molecule has 2 N–H and O–H groups in total. The van der Waals surface area contributed by atoms with E-state index in [2.05, 4.69) is 56.9 Å². The highest BCUT2D eigenvalue weighted by molar-refractivity contribution is 7.10. The van der Waals surface area contributed by atoms with Crippen molar-refractivity contribution in [1.29, 1.82) is 0 Å². The highest BCUT2D eigenvalue weighted by atomic mass is 32.1. The van der Waals surface area contributed by atoms with Gasteiger partial charge in [-0.1, -0.05) is 19.9 Å². The van der Waals surface area contributed by atoms with E-state index in [0.717, 1.165) is 0 Å². The molecule has 0 saturated heterocycles. The van der Waals surface area contributed by atoms with Gasteiger partial charge < -0.3 is 15.5 Å². The third kappa shape index (κ3) is 3.81. The number of nitrogens with zero attached hydrogens (tertiary/aromatic N) is 4. The lowest BCUT2D eigenvalue weighted by atomic mass is 10.0. The molecule has 0 radical (unpaired) electrons. The lowest BCUT2D eigenvalue weighted by Gasteiger charge is -2.22. The maximum atomic E-state index is 4.47. The summed E-state index contributed by atoms with van der Waals surface area (Å²) in [5.74, 6) is 2.21. The summed E-state index contributed by atoms with van der Waals surface area (Å²) >= 11 is 1.74. The van der Waals surface area contributed by atoms with Crippen LogP contribution < -0.4 is 15.5 Å². The number of thiophene rings is 1. The van der Waals surface area contributed by atoms with Crippen LogP contribution in [0.25, 0.3) is 0 Å². The predicted molar refractivity (Wildman–Crippen MR) is 89.2 cm³/mol. The minimum atomic E-state index is 0.187. The fraction of sp³-hybridized carbons (Fsp3) is 0.500. The fourth-order valence-corrected chi connectivity index (χ4v) is 2.86. The lowest BCUT2D eigenvalue weighted by Crippen LogP contribution is -2.20. The molecule has 0 amide bonds. The van der Waals surface area contributed by atoms with E-state index in [9.17, 15) is 0 Å². The van der Waals surface area contributed by atoms with E-state index in [1.165, 1.54) is 4.88 Å². The third-order valence-electron chi connectivity index (χ3n) is 3.05. The average Bonchev–Trinajstić information content (AvgIpc) is 2.97. The number of nitrogens with one attached hydrogen (secondary N) is 2. The second kappa shape index (κ2) is 6.71. The van der Waals surface area contributed by atoms with E-state index >= 15 is 0 Å². The first-order valence-electron chi connectivity index (χ1n) is 6.92. The van der Waals surface area contributed by atoms with E-state index < -0.39 is 0 Å². The molecule has 0 aliphatic heterocycles. The molecule has 2 rings (SSSR count). The molecule has 0 fully saturated rings. The van der Waals surface area contributed by atoms with Crippen LogP contribution >= 0.6 is 11.3 Å². The van der Waals surface area contributed by atoms with Crippen LogP contribution in [0.4, 0.5) is 17.8 Å². The van der Waals surface area contributed by atoms with Gasteiger partial charge in [-0.15, -0.1) is 11.3 Å². The van der Waals surface area contributed by atoms with Gasteiger partial charge in [-0.2, -0.15) is 15.0 Å². The Kier molecular flexibility index (Phi) is 4.95. The second-order valence-electron chi connectivity index (χ2n) is 5.31. The summed E-state index contributed by atoms with van der Waals surface area (Å²) < 4.78 is 0. The normalized spacial score (nSPS) is 12.3. The van der Waals surface area contributed by atoms with Crippen LogP contribution in [0.15, 0.2) is 17.5 Å². The first-order chi connectivity index (χ1) is 10.0. The third-order valence-corrected chi connectivity index (χ3v) is 4.00. The van der Waals surface area contributed by atoms with Crippen molar-refractivity contribution < 1.29 is 0 Å². The van der Waals surface area contributed by atoms with Crippen LogP contribution in [0, 0.1) is 5.92 Å². The van der Waals surface area contributed by atoms with Crippen LogP contribution in [0.1, 0.15) is 24.8 Å². The zero-order valence-corrected chi connectivity index (χ0v) is 13.9. The van der Waals surface area contributed by atoms with Gasteiger partial charge >= 0.3 is 0 Å². The average molecular weight is 306 g/mol. The molecule has 1 unspecified atom stereocenters. The van der Waals surface area contributed by atoms with Gasteiger partial charge in [0.2, 0.25) is 17.8 Å². The molecule has 0 aliphatic rings. The maximum Gasteiger partial charge on any atom is 0.231 e. The number of hydrogen-bond donors (Lipinski definition) is 2. The predicted octanol–water partition coefficient (Wildman–Crippen LogP) is 2.85. The zero-order chi connectivity index (χ0) is 15.4. The Balaban J connectivity index is 2.30. The highest BCUT2D eigenvalue weighted by Crippen LogP contribution is 2.29. The minimum Gasteiger partial charge on any atom is -0.357 e. The molecular formula is C14H22N6S. The van der Waals surface area contributed by atoms with Crippen LogP contribution in [-0.2, 0) is 0 Å². The van der Waals surface area contributed by atoms with E-state index in [0.29, 0.717) is 23.8 Å². The molecule has 0 bridgehead atoms. The zero-order valence-electron chi connectivity index (χ0n) is 13.1. The first kappa shape index (κ1) is 15.5. The summed E-state index contributed by atoms with van der Waals surface area (Å²) in [5.41, 5.74) is 0. The van der Waals surface area contributed by atoms with E-state index in [1.54, 1.807) is 18.4 Å². The molecule has 0 saturated carbocycles. The van der Waals surface area contributed by atoms with Crippen molar-refractivity contribution >= 4 is 29.2 Å². The SMILES string of the molecule is CNc1nc(NC(c2cccs2)C(C)C)nc(N(C)C)n1. The molecular weight excluding hydrogens is 284 g/mol. The highest BCUT2D eigenvalue weighted by Gasteiger charge is 2.19. The topological polar surface area (TPSA) is 66.0 Å². The van der Waals surface area contributed by atoms with Gasteiger partial charge in [0.25, 0.3) is 0 Å². The largest absolute Gasteiger partial charge is 0.357 e. The van der Waals surface area contributed by atoms with Crippen molar-refractivity contribution in [2.45, 2.75) is 19.9 Å². The lowest BCUT2D eigenvalue weighted by molar-refractivity contribution is 0.550. The molecule has 1 atom stereocenters. The number of hydrogen-bond acceptors (Lipinski definition) is 7. The molecule has 0 spiro atoms. The Hall–Kier alpha value is -1.89. The van der Waals surface area contributed by atoms with Gasteiger partial charge in [0.05, 0.1) is 6.04 Å². The molecule has 2 aromatic rings. The minimum absolute atomic E-state index is 0.187. The standard InChI is InChI=1S/C14H22N6S/c1-9(2)11(10-7-6-8-21-10)16-13-17-12(15-3)18-14(19-13)20(4)5/h6-9,11H,1-5H3,(H2,15,16,17,18,19). The summed E-state index contributed by atoms with van der Waals surface area (Å²) in [6, 6.07) is 4.39. The monoisotopic (exact) mass is 306 g/mol. The van der Waals surface area contributed by atoms with Crippen molar-refractivity contribution in [2.24, 2.45) is 5.92 Å². The van der Waals surface area contributed by atoms with Crippen molar-refractivity contribution in [3.8, 4) is 0 Å². The smallest absolute Gasteiger partial charge is 0.231 e. The number of anilines is 3. The van der Waals surface area contributed by atoms with E-state index in [-0.39, 0.29) is 6.04 Å². The number of rotatable bonds is 6. The van der Waals surface area contributed by atoms with E-state index in [1.807, 2.05) is 19.0 Å². The molecule has 0 aliphatic carbocycles. The van der Waals surface area contributed by atoms with Crippen molar-refractivity contribution in [3.05, 3.63) is 22.4 Å². The van der Waals surface area contributed by atoms with Crippen LogP contribution in [0.3, 0.4) is 0 Å².